The largest absolute Gasteiger partial charge is 0.477 e. The van der Waals surface area contributed by atoms with Crippen molar-refractivity contribution in [2.45, 2.75) is 0 Å². The summed E-state index contributed by atoms with van der Waals surface area (Å²) in [7, 11) is 0. The van der Waals surface area contributed by atoms with E-state index in [2.05, 4.69) is 15.2 Å². The van der Waals surface area contributed by atoms with Gasteiger partial charge in [-0.3, -0.25) is 5.10 Å². The molecule has 6 heteroatoms. The van der Waals surface area contributed by atoms with Gasteiger partial charge >= 0.3 is 5.97 Å². The van der Waals surface area contributed by atoms with E-state index in [1.54, 1.807) is 18.5 Å². The van der Waals surface area contributed by atoms with Gasteiger partial charge in [0.15, 0.2) is 0 Å². The summed E-state index contributed by atoms with van der Waals surface area (Å²) in [6.07, 6.45) is 4.88. The minimum Gasteiger partial charge on any atom is -0.477 e. The smallest absolute Gasteiger partial charge is 0.354 e. The van der Waals surface area contributed by atoms with Gasteiger partial charge in [0.2, 0.25) is 0 Å². The molecular formula is C9H8ClN3O2. The normalized spacial score (nSPS) is 9.33. The first-order valence-corrected chi connectivity index (χ1v) is 3.96. The fourth-order valence-electron chi connectivity index (χ4n) is 1.10. The van der Waals surface area contributed by atoms with Gasteiger partial charge < -0.3 is 5.11 Å². The second-order valence-electron chi connectivity index (χ2n) is 2.72. The van der Waals surface area contributed by atoms with Crippen LogP contribution in [-0.4, -0.2) is 26.3 Å². The van der Waals surface area contributed by atoms with Crippen LogP contribution in [0.25, 0.3) is 11.1 Å². The van der Waals surface area contributed by atoms with Crippen molar-refractivity contribution in [2.75, 3.05) is 0 Å². The summed E-state index contributed by atoms with van der Waals surface area (Å²) in [5.74, 6) is -1.02. The lowest BCUT2D eigenvalue weighted by Gasteiger charge is -1.96. The molecule has 0 saturated carbocycles. The highest BCUT2D eigenvalue weighted by molar-refractivity contribution is 5.86. The lowest BCUT2D eigenvalue weighted by molar-refractivity contribution is 0.0690. The summed E-state index contributed by atoms with van der Waals surface area (Å²) < 4.78 is 0. The highest BCUT2D eigenvalue weighted by Gasteiger charge is 2.04. The molecule has 78 valence electrons. The number of aromatic carboxylic acids is 1. The lowest BCUT2D eigenvalue weighted by Crippen LogP contribution is -1.98. The van der Waals surface area contributed by atoms with Gasteiger partial charge in [0.1, 0.15) is 5.69 Å². The Morgan fingerprint density at radius 3 is 2.53 bits per heavy atom. The third-order valence-corrected chi connectivity index (χ3v) is 1.81. The number of halogens is 1. The Kier molecular flexibility index (Phi) is 3.41. The third-order valence-electron chi connectivity index (χ3n) is 1.81. The average Bonchev–Trinajstić information content (AvgIpc) is 2.71. The number of nitrogens with zero attached hydrogens (tertiary/aromatic N) is 2. The Morgan fingerprint density at radius 2 is 2.07 bits per heavy atom. The minimum atomic E-state index is -1.02. The Hall–Kier alpha value is -1.88. The number of carboxylic acid groups (broad SMARTS) is 1. The first-order chi connectivity index (χ1) is 6.77. The number of hydrogen-bond donors (Lipinski definition) is 2. The molecule has 0 fully saturated rings. The summed E-state index contributed by atoms with van der Waals surface area (Å²) in [5, 5.41) is 15.1. The zero-order valence-corrected chi connectivity index (χ0v) is 8.36. The Morgan fingerprint density at radius 1 is 1.27 bits per heavy atom. The average molecular weight is 226 g/mol. The van der Waals surface area contributed by atoms with E-state index in [1.807, 2.05) is 0 Å². The molecular weight excluding hydrogens is 218 g/mol. The van der Waals surface area contributed by atoms with Crippen LogP contribution >= 0.6 is 12.4 Å². The minimum absolute atomic E-state index is 0. The Bertz CT molecular complexity index is 439. The molecule has 5 nitrogen and oxygen atoms in total. The molecule has 2 aromatic heterocycles. The number of pyridine rings is 1. The maximum Gasteiger partial charge on any atom is 0.354 e. The molecule has 0 atom stereocenters. The number of nitrogens with one attached hydrogen (secondary N) is 1. The van der Waals surface area contributed by atoms with Crippen molar-refractivity contribution in [2.24, 2.45) is 0 Å². The van der Waals surface area contributed by atoms with E-state index in [0.29, 0.717) is 0 Å². The van der Waals surface area contributed by atoms with Crippen LogP contribution in [0.1, 0.15) is 10.5 Å². The number of aromatic nitrogens is 3. The summed E-state index contributed by atoms with van der Waals surface area (Å²) in [4.78, 5) is 14.3. The SMILES string of the molecule is Cl.O=C(O)c1ccc(-c2cn[nH]c2)cn1. The quantitative estimate of drug-likeness (QED) is 0.814. The number of carboxylic acids is 1. The van der Waals surface area contributed by atoms with Crippen molar-refractivity contribution in [3.8, 4) is 11.1 Å². The number of aromatic amines is 1. The van der Waals surface area contributed by atoms with E-state index in [0.717, 1.165) is 11.1 Å². The van der Waals surface area contributed by atoms with E-state index in [-0.39, 0.29) is 18.1 Å². The van der Waals surface area contributed by atoms with Crippen LogP contribution in [0, 0.1) is 0 Å². The van der Waals surface area contributed by atoms with Crippen molar-refractivity contribution >= 4 is 18.4 Å². The topological polar surface area (TPSA) is 78.9 Å². The predicted molar refractivity (Wildman–Crippen MR) is 56.0 cm³/mol. The van der Waals surface area contributed by atoms with Crippen molar-refractivity contribution < 1.29 is 9.90 Å². The van der Waals surface area contributed by atoms with Crippen LogP contribution in [-0.2, 0) is 0 Å². The van der Waals surface area contributed by atoms with Crippen LogP contribution in [0.3, 0.4) is 0 Å². The summed E-state index contributed by atoms with van der Waals surface area (Å²) >= 11 is 0. The van der Waals surface area contributed by atoms with Crippen LogP contribution < -0.4 is 0 Å². The number of hydrogen-bond acceptors (Lipinski definition) is 3. The van der Waals surface area contributed by atoms with E-state index in [9.17, 15) is 4.79 Å². The maximum absolute atomic E-state index is 10.5. The summed E-state index contributed by atoms with van der Waals surface area (Å²) in [6.45, 7) is 0. The molecule has 2 heterocycles. The molecule has 0 bridgehead atoms. The van der Waals surface area contributed by atoms with Crippen LogP contribution in [0.2, 0.25) is 0 Å². The molecule has 0 unspecified atom stereocenters. The number of carbonyl (C=O) groups is 1. The zero-order chi connectivity index (χ0) is 9.97. The monoisotopic (exact) mass is 225 g/mol. The molecule has 2 N–H and O–H groups in total. The van der Waals surface area contributed by atoms with E-state index in [4.69, 9.17) is 5.11 Å². The molecule has 0 aliphatic carbocycles. The first-order valence-electron chi connectivity index (χ1n) is 3.96. The standard InChI is InChI=1S/C9H7N3O2.ClH/c13-9(14)8-2-1-6(3-10-8)7-4-11-12-5-7;/h1-5H,(H,11,12)(H,13,14);1H. The molecule has 0 spiro atoms. The molecule has 0 aliphatic heterocycles. The summed E-state index contributed by atoms with van der Waals surface area (Å²) in [5.41, 5.74) is 1.76. The van der Waals surface area contributed by atoms with Crippen LogP contribution in [0.4, 0.5) is 0 Å². The molecule has 0 aliphatic rings. The maximum atomic E-state index is 10.5. The highest BCUT2D eigenvalue weighted by Crippen LogP contribution is 2.15. The number of H-pyrrole nitrogens is 1. The zero-order valence-electron chi connectivity index (χ0n) is 7.54. The van der Waals surface area contributed by atoms with Crippen molar-refractivity contribution in [1.82, 2.24) is 15.2 Å². The fourth-order valence-corrected chi connectivity index (χ4v) is 1.10. The van der Waals surface area contributed by atoms with Crippen molar-refractivity contribution in [3.05, 3.63) is 36.4 Å². The molecule has 2 rings (SSSR count). The van der Waals surface area contributed by atoms with Gasteiger partial charge in [-0.25, -0.2) is 9.78 Å². The van der Waals surface area contributed by atoms with Crippen molar-refractivity contribution in [1.29, 1.82) is 0 Å². The fraction of sp³-hybridized carbons (Fsp3) is 0. The highest BCUT2D eigenvalue weighted by atomic mass is 35.5. The van der Waals surface area contributed by atoms with E-state index in [1.165, 1.54) is 12.3 Å². The van der Waals surface area contributed by atoms with Gasteiger partial charge in [-0.15, -0.1) is 12.4 Å². The molecule has 0 aromatic carbocycles. The first kappa shape index (κ1) is 11.2. The van der Waals surface area contributed by atoms with Crippen LogP contribution in [0.5, 0.6) is 0 Å². The van der Waals surface area contributed by atoms with Gasteiger partial charge in [0, 0.05) is 23.5 Å². The van der Waals surface area contributed by atoms with Gasteiger partial charge in [0.25, 0.3) is 0 Å². The Labute approximate surface area is 91.6 Å². The molecule has 0 saturated heterocycles. The second-order valence-corrected chi connectivity index (χ2v) is 2.72. The van der Waals surface area contributed by atoms with Gasteiger partial charge in [0.05, 0.1) is 6.20 Å². The van der Waals surface area contributed by atoms with E-state index >= 15 is 0 Å². The van der Waals surface area contributed by atoms with Gasteiger partial charge in [-0.1, -0.05) is 6.07 Å². The van der Waals surface area contributed by atoms with Gasteiger partial charge in [-0.2, -0.15) is 5.10 Å². The molecule has 0 radical (unpaired) electrons. The van der Waals surface area contributed by atoms with Crippen molar-refractivity contribution in [3.63, 3.8) is 0 Å². The van der Waals surface area contributed by atoms with Gasteiger partial charge in [-0.05, 0) is 6.07 Å². The Balaban J connectivity index is 0.00000112. The molecule has 15 heavy (non-hydrogen) atoms. The third kappa shape index (κ3) is 2.32. The number of rotatable bonds is 2. The lowest BCUT2D eigenvalue weighted by atomic mass is 10.1. The molecule has 2 aromatic rings. The molecule has 0 amide bonds. The summed E-state index contributed by atoms with van der Waals surface area (Å²) in [6, 6.07) is 3.16. The van der Waals surface area contributed by atoms with E-state index < -0.39 is 5.97 Å². The predicted octanol–water partition coefficient (Wildman–Crippen LogP) is 1.59. The van der Waals surface area contributed by atoms with Crippen LogP contribution in [0.15, 0.2) is 30.7 Å². The second kappa shape index (κ2) is 4.56.